The summed E-state index contributed by atoms with van der Waals surface area (Å²) in [4.78, 5) is 82.5. The van der Waals surface area contributed by atoms with Gasteiger partial charge in [-0.15, -0.1) is 0 Å². The molecule has 3 aromatic rings. The second-order valence-corrected chi connectivity index (χ2v) is 14.1. The summed E-state index contributed by atoms with van der Waals surface area (Å²) in [5.74, 6) is -0.831. The minimum atomic E-state index is -0.649. The Balaban J connectivity index is 1.34. The normalized spacial score (nSPS) is 14.1. The Labute approximate surface area is 323 Å². The van der Waals surface area contributed by atoms with E-state index in [9.17, 15) is 39.4 Å². The van der Waals surface area contributed by atoms with E-state index in [0.717, 1.165) is 51.4 Å². The van der Waals surface area contributed by atoms with Crippen molar-refractivity contribution in [1.29, 1.82) is 0 Å². The molecule has 0 spiro atoms. The molecule has 6 N–H and O–H groups in total. The van der Waals surface area contributed by atoms with Crippen molar-refractivity contribution in [2.75, 3.05) is 36.8 Å². The topological polar surface area (TPSA) is 253 Å². The number of amides is 4. The Morgan fingerprint density at radius 1 is 0.554 bits per heavy atom. The van der Waals surface area contributed by atoms with Crippen LogP contribution in [0.4, 0.5) is 23.0 Å². The van der Waals surface area contributed by atoms with E-state index >= 15 is 0 Å². The maximum Gasteiger partial charge on any atom is 0.273 e. The van der Waals surface area contributed by atoms with Crippen LogP contribution in [0.2, 0.25) is 0 Å². The number of nitro groups is 2. The molecule has 1 aromatic heterocycles. The van der Waals surface area contributed by atoms with E-state index in [-0.39, 0.29) is 85.5 Å². The number of nitrogens with zero attached hydrogens (tertiary/aromatic N) is 4. The molecule has 0 aliphatic heterocycles. The Morgan fingerprint density at radius 3 is 1.23 bits per heavy atom. The van der Waals surface area contributed by atoms with Crippen LogP contribution >= 0.6 is 0 Å². The quantitative estimate of drug-likeness (QED) is 0.0532. The first-order valence-corrected chi connectivity index (χ1v) is 19.0. The van der Waals surface area contributed by atoms with Crippen molar-refractivity contribution in [2.45, 2.75) is 77.3 Å². The smallest absolute Gasteiger partial charge is 0.273 e. The van der Waals surface area contributed by atoms with Crippen LogP contribution in [-0.2, 0) is 22.7 Å². The number of nitro benzene ring substituents is 2. The highest BCUT2D eigenvalue weighted by molar-refractivity contribution is 6.01. The third-order valence-electron chi connectivity index (χ3n) is 9.90. The van der Waals surface area contributed by atoms with Gasteiger partial charge in [-0.25, -0.2) is 9.97 Å². The van der Waals surface area contributed by atoms with Crippen molar-refractivity contribution in [3.63, 3.8) is 0 Å². The van der Waals surface area contributed by atoms with Crippen molar-refractivity contribution in [3.05, 3.63) is 91.3 Å². The van der Waals surface area contributed by atoms with Crippen LogP contribution in [0.5, 0.6) is 0 Å². The van der Waals surface area contributed by atoms with Crippen LogP contribution in [-0.4, -0.2) is 69.6 Å². The maximum atomic E-state index is 13.7. The molecule has 18 nitrogen and oxygen atoms in total. The van der Waals surface area contributed by atoms with Crippen molar-refractivity contribution in [2.24, 2.45) is 11.8 Å². The van der Waals surface area contributed by atoms with E-state index in [1.54, 1.807) is 24.3 Å². The average molecular weight is 773 g/mol. The molecule has 2 fully saturated rings. The lowest BCUT2D eigenvalue weighted by molar-refractivity contribution is -0.385. The zero-order valence-electron chi connectivity index (χ0n) is 31.1. The van der Waals surface area contributed by atoms with Gasteiger partial charge in [-0.1, -0.05) is 49.9 Å². The van der Waals surface area contributed by atoms with Crippen molar-refractivity contribution < 1.29 is 29.0 Å². The first kappa shape index (κ1) is 41.0. The number of nitrogens with one attached hydrogen (secondary N) is 6. The number of anilines is 2. The number of benzene rings is 2. The Hall–Kier alpha value is -6.20. The van der Waals surface area contributed by atoms with Gasteiger partial charge in [0, 0.05) is 76.4 Å². The summed E-state index contributed by atoms with van der Waals surface area (Å²) < 4.78 is 0. The van der Waals surface area contributed by atoms with Gasteiger partial charge in [0.05, 0.1) is 9.85 Å². The largest absolute Gasteiger partial charge is 0.364 e. The van der Waals surface area contributed by atoms with Gasteiger partial charge in [0.2, 0.25) is 11.8 Å². The number of aromatic nitrogens is 2. The van der Waals surface area contributed by atoms with Crippen LogP contribution in [0.15, 0.2) is 48.5 Å². The highest BCUT2D eigenvalue weighted by atomic mass is 16.6. The summed E-state index contributed by atoms with van der Waals surface area (Å²) >= 11 is 0. The van der Waals surface area contributed by atoms with Gasteiger partial charge >= 0.3 is 0 Å². The summed E-state index contributed by atoms with van der Waals surface area (Å²) in [5.41, 5.74) is 0.696. The van der Waals surface area contributed by atoms with Gasteiger partial charge in [0.25, 0.3) is 23.2 Å². The lowest BCUT2D eigenvalue weighted by Crippen LogP contribution is -2.37. The van der Waals surface area contributed by atoms with E-state index in [1.165, 1.54) is 24.3 Å². The van der Waals surface area contributed by atoms with Crippen LogP contribution in [0.1, 0.15) is 96.3 Å². The van der Waals surface area contributed by atoms with Gasteiger partial charge in [-0.2, -0.15) is 0 Å². The molecule has 298 valence electrons. The molecule has 0 radical (unpaired) electrons. The van der Waals surface area contributed by atoms with Gasteiger partial charge < -0.3 is 31.9 Å². The van der Waals surface area contributed by atoms with E-state index in [0.29, 0.717) is 35.8 Å². The lowest BCUT2D eigenvalue weighted by atomic mass is 10.0. The summed E-state index contributed by atoms with van der Waals surface area (Å²) in [5, 5.41) is 39.6. The fraction of sp³-hybridized carbons (Fsp3) is 0.474. The van der Waals surface area contributed by atoms with Crippen LogP contribution < -0.4 is 31.9 Å². The number of rotatable bonds is 20. The predicted molar refractivity (Wildman–Crippen MR) is 207 cm³/mol. The second kappa shape index (κ2) is 20.5. The van der Waals surface area contributed by atoms with Crippen LogP contribution in [0.25, 0.3) is 0 Å². The number of hydrogen-bond acceptors (Lipinski definition) is 12. The van der Waals surface area contributed by atoms with E-state index in [2.05, 4.69) is 41.9 Å². The van der Waals surface area contributed by atoms with E-state index in [1.807, 2.05) is 0 Å². The van der Waals surface area contributed by atoms with Crippen molar-refractivity contribution in [1.82, 2.24) is 31.2 Å². The molecule has 5 rings (SSSR count). The van der Waals surface area contributed by atoms with Crippen molar-refractivity contribution >= 4 is 46.6 Å². The first-order valence-electron chi connectivity index (χ1n) is 19.0. The fourth-order valence-electron chi connectivity index (χ4n) is 6.86. The van der Waals surface area contributed by atoms with Crippen molar-refractivity contribution in [3.8, 4) is 0 Å². The van der Waals surface area contributed by atoms with Crippen LogP contribution in [0, 0.1) is 32.1 Å². The molecule has 0 saturated heterocycles. The molecular formula is C38H48N10O8. The molecular weight excluding hydrogens is 724 g/mol. The molecule has 1 heterocycles. The molecule has 4 amide bonds. The zero-order chi connectivity index (χ0) is 39.9. The minimum Gasteiger partial charge on any atom is -0.364 e. The Bertz CT molecular complexity index is 1730. The fourth-order valence-corrected chi connectivity index (χ4v) is 6.86. The summed E-state index contributed by atoms with van der Waals surface area (Å²) in [6, 6.07) is 11.5. The molecule has 0 bridgehead atoms. The lowest BCUT2D eigenvalue weighted by Gasteiger charge is -2.17. The number of carbonyl (C=O) groups is 4. The molecule has 0 atom stereocenters. The molecule has 56 heavy (non-hydrogen) atoms. The van der Waals surface area contributed by atoms with Crippen LogP contribution in [0.3, 0.4) is 0 Å². The molecule has 2 aliphatic carbocycles. The van der Waals surface area contributed by atoms with Gasteiger partial charge in [0.15, 0.2) is 23.0 Å². The maximum absolute atomic E-state index is 13.7. The highest BCUT2D eigenvalue weighted by Crippen LogP contribution is 2.28. The summed E-state index contributed by atoms with van der Waals surface area (Å²) in [6.07, 6.45) is 9.51. The molecule has 2 aliphatic rings. The Morgan fingerprint density at radius 2 is 0.893 bits per heavy atom. The monoisotopic (exact) mass is 772 g/mol. The van der Waals surface area contributed by atoms with Gasteiger partial charge in [0.1, 0.15) is 0 Å². The van der Waals surface area contributed by atoms with E-state index in [4.69, 9.17) is 0 Å². The second-order valence-electron chi connectivity index (χ2n) is 14.1. The Kier molecular flexibility index (Phi) is 15.0. The number of hydrogen-bond donors (Lipinski definition) is 6. The minimum absolute atomic E-state index is 0.0537. The molecule has 0 unspecified atom stereocenters. The predicted octanol–water partition coefficient (Wildman–Crippen LogP) is 4.37. The number of non-ortho nitro benzene ring substituents is 2. The molecule has 2 saturated carbocycles. The zero-order valence-corrected chi connectivity index (χ0v) is 31.1. The highest BCUT2D eigenvalue weighted by Gasteiger charge is 2.24. The SMILES string of the molecule is O=C(CC1CCCC1)NCCNC(=O)c1nc(NCc2ccc([N+](=O)[O-])cc2)c(C(=O)NCCNC(=O)CC2CCCC2)nc1NCc1ccc([N+](=O)[O-])cc1. The summed E-state index contributed by atoms with van der Waals surface area (Å²) in [6.45, 7) is 0.651. The molecule has 18 heteroatoms. The standard InChI is InChI=1S/C38H48N10O8/c49-31(21-25-5-1-2-6-25)39-17-19-41-37(51)33-35(43-23-27-9-13-29(14-10-27)47(53)54)46-34(36(45-33)44-24-28-11-15-30(16-12-28)48(55)56)38(52)42-20-18-40-32(50)22-26-7-3-4-8-26/h9-16,25-26H,1-8,17-24H2,(H,39,49)(H,40,50)(H,41,51)(H,42,52)(H,44,45)(H,43,46). The first-order chi connectivity index (χ1) is 27.0. The summed E-state index contributed by atoms with van der Waals surface area (Å²) in [7, 11) is 0. The molecule has 2 aromatic carbocycles. The average Bonchev–Trinajstić information content (AvgIpc) is 3.91. The van der Waals surface area contributed by atoms with E-state index < -0.39 is 21.7 Å². The van der Waals surface area contributed by atoms with Gasteiger partial charge in [-0.05, 0) is 48.6 Å². The number of carbonyl (C=O) groups excluding carboxylic acids is 4. The van der Waals surface area contributed by atoms with Gasteiger partial charge in [-0.3, -0.25) is 39.4 Å². The third-order valence-corrected chi connectivity index (χ3v) is 9.90. The third kappa shape index (κ3) is 12.4.